The summed E-state index contributed by atoms with van der Waals surface area (Å²) in [6.45, 7) is 0. The minimum absolute atomic E-state index is 0.220. The number of rotatable bonds is 3. The molecule has 21 heavy (non-hydrogen) atoms. The number of hydrogen-bond donors (Lipinski definition) is 3. The van der Waals surface area contributed by atoms with Crippen LogP contribution < -0.4 is 5.43 Å². The molecule has 2 rings (SSSR count). The minimum atomic E-state index is -0.490. The molecule has 0 atom stereocenters. The molecule has 0 heterocycles. The van der Waals surface area contributed by atoms with Gasteiger partial charge in [-0.1, -0.05) is 23.2 Å². The Morgan fingerprint density at radius 1 is 1.10 bits per heavy atom. The molecular formula is C14H10Cl2N2O3. The Morgan fingerprint density at radius 2 is 1.86 bits per heavy atom. The first kappa shape index (κ1) is 15.2. The van der Waals surface area contributed by atoms with Gasteiger partial charge in [-0.2, -0.15) is 5.10 Å². The summed E-state index contributed by atoms with van der Waals surface area (Å²) in [5.41, 5.74) is 3.05. The average molecular weight is 325 g/mol. The van der Waals surface area contributed by atoms with E-state index in [0.29, 0.717) is 10.6 Å². The molecule has 0 saturated heterocycles. The number of carbonyl (C=O) groups excluding carboxylic acids is 1. The van der Waals surface area contributed by atoms with Gasteiger partial charge >= 0.3 is 0 Å². The highest BCUT2D eigenvalue weighted by Crippen LogP contribution is 2.24. The Morgan fingerprint density at radius 3 is 2.52 bits per heavy atom. The van der Waals surface area contributed by atoms with E-state index >= 15 is 0 Å². The fourth-order valence-electron chi connectivity index (χ4n) is 1.52. The predicted molar refractivity (Wildman–Crippen MR) is 81.3 cm³/mol. The first-order chi connectivity index (χ1) is 9.97. The maximum atomic E-state index is 11.8. The third-order valence-electron chi connectivity index (χ3n) is 2.55. The van der Waals surface area contributed by atoms with Crippen LogP contribution >= 0.6 is 23.2 Å². The normalized spacial score (nSPS) is 10.8. The van der Waals surface area contributed by atoms with Gasteiger partial charge in [-0.05, 0) is 42.0 Å². The van der Waals surface area contributed by atoms with Crippen molar-refractivity contribution in [2.75, 3.05) is 0 Å². The van der Waals surface area contributed by atoms with Gasteiger partial charge in [0.25, 0.3) is 5.91 Å². The molecule has 7 heteroatoms. The maximum Gasteiger partial charge on any atom is 0.272 e. The first-order valence-corrected chi connectivity index (χ1v) is 6.53. The number of aromatic hydroxyl groups is 2. The molecule has 0 saturated carbocycles. The highest BCUT2D eigenvalue weighted by Gasteiger charge is 2.09. The highest BCUT2D eigenvalue weighted by molar-refractivity contribution is 6.36. The molecule has 2 aromatic carbocycles. The van der Waals surface area contributed by atoms with E-state index in [9.17, 15) is 9.90 Å². The fourth-order valence-corrected chi connectivity index (χ4v) is 2.01. The van der Waals surface area contributed by atoms with E-state index < -0.39 is 5.91 Å². The molecule has 3 N–H and O–H groups in total. The van der Waals surface area contributed by atoms with E-state index in [4.69, 9.17) is 28.3 Å². The zero-order valence-electron chi connectivity index (χ0n) is 10.5. The van der Waals surface area contributed by atoms with E-state index in [1.54, 1.807) is 6.07 Å². The van der Waals surface area contributed by atoms with Crippen molar-refractivity contribution in [1.29, 1.82) is 0 Å². The molecule has 1 amide bonds. The van der Waals surface area contributed by atoms with Gasteiger partial charge in [-0.15, -0.1) is 0 Å². The van der Waals surface area contributed by atoms with Crippen LogP contribution in [0, 0.1) is 0 Å². The van der Waals surface area contributed by atoms with Crippen LogP contribution in [0.4, 0.5) is 0 Å². The number of nitrogens with zero attached hydrogens (tertiary/aromatic N) is 1. The topological polar surface area (TPSA) is 81.9 Å². The number of amides is 1. The molecule has 0 spiro atoms. The number of phenols is 2. The van der Waals surface area contributed by atoms with Crippen LogP contribution in [-0.2, 0) is 0 Å². The molecular weight excluding hydrogens is 315 g/mol. The molecule has 108 valence electrons. The Balaban J connectivity index is 2.06. The quantitative estimate of drug-likeness (QED) is 0.460. The lowest BCUT2D eigenvalue weighted by Crippen LogP contribution is -2.18. The van der Waals surface area contributed by atoms with Crippen LogP contribution in [0.25, 0.3) is 0 Å². The van der Waals surface area contributed by atoms with Crippen LogP contribution in [0.15, 0.2) is 41.5 Å². The zero-order chi connectivity index (χ0) is 15.4. The summed E-state index contributed by atoms with van der Waals surface area (Å²) >= 11 is 11.6. The number of halogens is 2. The van der Waals surface area contributed by atoms with E-state index in [-0.39, 0.29) is 22.1 Å². The average Bonchev–Trinajstić information content (AvgIpc) is 2.42. The van der Waals surface area contributed by atoms with Gasteiger partial charge in [0, 0.05) is 5.02 Å². The number of phenolic OH excluding ortho intramolecular Hbond substituents is 2. The molecule has 0 aliphatic carbocycles. The molecule has 0 radical (unpaired) electrons. The van der Waals surface area contributed by atoms with Crippen LogP contribution in [-0.4, -0.2) is 22.3 Å². The lowest BCUT2D eigenvalue weighted by Gasteiger charge is -2.03. The fraction of sp³-hybridized carbons (Fsp3) is 0. The Kier molecular flexibility index (Phi) is 4.67. The van der Waals surface area contributed by atoms with Crippen molar-refractivity contribution in [3.05, 3.63) is 57.6 Å². The largest absolute Gasteiger partial charge is 0.504 e. The van der Waals surface area contributed by atoms with Crippen molar-refractivity contribution in [2.45, 2.75) is 0 Å². The summed E-state index contributed by atoms with van der Waals surface area (Å²) < 4.78 is 0. The van der Waals surface area contributed by atoms with Crippen molar-refractivity contribution >= 4 is 35.3 Å². The Bertz CT molecular complexity index is 717. The van der Waals surface area contributed by atoms with Crippen LogP contribution in [0.2, 0.25) is 10.0 Å². The SMILES string of the molecule is O=C(N/N=C\c1ccc(O)c(O)c1)c1ccc(Cl)cc1Cl. The third kappa shape index (κ3) is 3.87. The second kappa shape index (κ2) is 6.47. The maximum absolute atomic E-state index is 11.8. The molecule has 0 bridgehead atoms. The summed E-state index contributed by atoms with van der Waals surface area (Å²) in [5, 5.41) is 22.9. The number of carbonyl (C=O) groups is 1. The highest BCUT2D eigenvalue weighted by atomic mass is 35.5. The summed E-state index contributed by atoms with van der Waals surface area (Å²) in [7, 11) is 0. The minimum Gasteiger partial charge on any atom is -0.504 e. The first-order valence-electron chi connectivity index (χ1n) is 5.78. The summed E-state index contributed by atoms with van der Waals surface area (Å²) in [4.78, 5) is 11.8. The molecule has 0 fully saturated rings. The number of nitrogens with one attached hydrogen (secondary N) is 1. The number of benzene rings is 2. The van der Waals surface area contributed by atoms with Gasteiger partial charge in [-0.3, -0.25) is 4.79 Å². The molecule has 0 aromatic heterocycles. The van der Waals surface area contributed by atoms with Gasteiger partial charge in [0.15, 0.2) is 11.5 Å². The van der Waals surface area contributed by atoms with Crippen molar-refractivity contribution in [2.24, 2.45) is 5.10 Å². The standard InChI is InChI=1S/C14H10Cl2N2O3/c15-9-2-3-10(11(16)6-9)14(21)18-17-7-8-1-4-12(19)13(20)5-8/h1-7,19-20H,(H,18,21)/b17-7-. The smallest absolute Gasteiger partial charge is 0.272 e. The molecule has 0 aliphatic heterocycles. The zero-order valence-corrected chi connectivity index (χ0v) is 12.1. The Hall–Kier alpha value is -2.24. The van der Waals surface area contributed by atoms with E-state index in [0.717, 1.165) is 0 Å². The number of hydrazone groups is 1. The van der Waals surface area contributed by atoms with Crippen molar-refractivity contribution in [3.8, 4) is 11.5 Å². The number of hydrogen-bond acceptors (Lipinski definition) is 4. The van der Waals surface area contributed by atoms with E-state index in [2.05, 4.69) is 10.5 Å². The second-order valence-corrected chi connectivity index (χ2v) is 4.92. The summed E-state index contributed by atoms with van der Waals surface area (Å²) in [6.07, 6.45) is 1.32. The van der Waals surface area contributed by atoms with Crippen molar-refractivity contribution < 1.29 is 15.0 Å². The van der Waals surface area contributed by atoms with E-state index in [1.807, 2.05) is 0 Å². The molecule has 0 aliphatic rings. The second-order valence-electron chi connectivity index (χ2n) is 4.07. The third-order valence-corrected chi connectivity index (χ3v) is 3.10. The van der Waals surface area contributed by atoms with Crippen molar-refractivity contribution in [3.63, 3.8) is 0 Å². The van der Waals surface area contributed by atoms with Crippen LogP contribution in [0.5, 0.6) is 11.5 Å². The van der Waals surface area contributed by atoms with Gasteiger partial charge in [0.05, 0.1) is 16.8 Å². The Labute approximate surface area is 130 Å². The summed E-state index contributed by atoms with van der Waals surface area (Å²) in [6, 6.07) is 8.64. The van der Waals surface area contributed by atoms with Crippen LogP contribution in [0.1, 0.15) is 15.9 Å². The lowest BCUT2D eigenvalue weighted by molar-refractivity contribution is 0.0955. The summed E-state index contributed by atoms with van der Waals surface area (Å²) in [5.74, 6) is -0.994. The van der Waals surface area contributed by atoms with Gasteiger partial charge in [0.2, 0.25) is 0 Å². The van der Waals surface area contributed by atoms with Gasteiger partial charge in [0.1, 0.15) is 0 Å². The monoisotopic (exact) mass is 324 g/mol. The van der Waals surface area contributed by atoms with Gasteiger partial charge < -0.3 is 10.2 Å². The molecule has 5 nitrogen and oxygen atoms in total. The van der Waals surface area contributed by atoms with E-state index in [1.165, 1.54) is 36.5 Å². The van der Waals surface area contributed by atoms with Crippen LogP contribution in [0.3, 0.4) is 0 Å². The molecule has 2 aromatic rings. The lowest BCUT2D eigenvalue weighted by atomic mass is 10.2. The predicted octanol–water partition coefficient (Wildman–Crippen LogP) is 3.17. The van der Waals surface area contributed by atoms with Crippen molar-refractivity contribution in [1.82, 2.24) is 5.43 Å². The van der Waals surface area contributed by atoms with Gasteiger partial charge in [-0.25, -0.2) is 5.43 Å². The molecule has 0 unspecified atom stereocenters.